The molecule has 0 bridgehead atoms. The molecule has 0 aromatic carbocycles. The smallest absolute Gasteiger partial charge is 0.231 e. The quantitative estimate of drug-likeness (QED) is 0.926. The maximum absolute atomic E-state index is 12.4. The number of amides is 2. The Kier molecular flexibility index (Phi) is 5.16. The topological polar surface area (TPSA) is 75.2 Å². The van der Waals surface area contributed by atoms with Crippen LogP contribution in [0.5, 0.6) is 0 Å². The summed E-state index contributed by atoms with van der Waals surface area (Å²) >= 11 is 1.40. The van der Waals surface area contributed by atoms with Gasteiger partial charge in [-0.1, -0.05) is 39.0 Å². The fourth-order valence-corrected chi connectivity index (χ4v) is 3.19. The second-order valence-electron chi connectivity index (χ2n) is 6.68. The SMILES string of the molecule is CCc1nnc(NC(=O)[C@H]2CCCN(C(=O)C(C)(C)C)C2)s1. The maximum Gasteiger partial charge on any atom is 0.231 e. The van der Waals surface area contributed by atoms with Crippen LogP contribution in [0.4, 0.5) is 5.13 Å². The molecule has 1 aliphatic rings. The number of anilines is 1. The van der Waals surface area contributed by atoms with Gasteiger partial charge in [-0.2, -0.15) is 0 Å². The van der Waals surface area contributed by atoms with Crippen LogP contribution >= 0.6 is 11.3 Å². The molecule has 1 fully saturated rings. The molecule has 0 aliphatic carbocycles. The molecule has 0 radical (unpaired) electrons. The van der Waals surface area contributed by atoms with Crippen LogP contribution < -0.4 is 5.32 Å². The van der Waals surface area contributed by atoms with Crippen molar-refractivity contribution < 1.29 is 9.59 Å². The third-order valence-electron chi connectivity index (χ3n) is 3.72. The van der Waals surface area contributed by atoms with E-state index >= 15 is 0 Å². The molecule has 1 saturated heterocycles. The van der Waals surface area contributed by atoms with Crippen LogP contribution in [0.15, 0.2) is 0 Å². The van der Waals surface area contributed by atoms with E-state index in [1.165, 1.54) is 11.3 Å². The Labute approximate surface area is 135 Å². The summed E-state index contributed by atoms with van der Waals surface area (Å²) in [5.74, 6) is -0.131. The zero-order valence-electron chi connectivity index (χ0n) is 13.7. The lowest BCUT2D eigenvalue weighted by atomic mass is 9.91. The molecule has 122 valence electrons. The minimum absolute atomic E-state index is 0.0646. The molecule has 1 aromatic heterocycles. The van der Waals surface area contributed by atoms with Gasteiger partial charge in [-0.3, -0.25) is 9.59 Å². The zero-order chi connectivity index (χ0) is 16.3. The van der Waals surface area contributed by atoms with Crippen LogP contribution in [0.3, 0.4) is 0 Å². The molecule has 2 amide bonds. The van der Waals surface area contributed by atoms with Gasteiger partial charge in [0, 0.05) is 18.5 Å². The van der Waals surface area contributed by atoms with Gasteiger partial charge in [0.15, 0.2) is 0 Å². The maximum atomic E-state index is 12.4. The number of hydrogen-bond donors (Lipinski definition) is 1. The van der Waals surface area contributed by atoms with Crippen molar-refractivity contribution in [1.82, 2.24) is 15.1 Å². The summed E-state index contributed by atoms with van der Waals surface area (Å²) in [5.41, 5.74) is -0.409. The molecule has 2 heterocycles. The second kappa shape index (κ2) is 6.73. The molecule has 6 nitrogen and oxygen atoms in total. The van der Waals surface area contributed by atoms with Gasteiger partial charge in [0.05, 0.1) is 5.92 Å². The second-order valence-corrected chi connectivity index (χ2v) is 7.75. The molecule has 1 aromatic rings. The zero-order valence-corrected chi connectivity index (χ0v) is 14.5. The molecular weight excluding hydrogens is 300 g/mol. The number of aryl methyl sites for hydroxylation is 1. The molecular formula is C15H24N4O2S. The number of aromatic nitrogens is 2. The van der Waals surface area contributed by atoms with E-state index in [9.17, 15) is 9.59 Å². The Morgan fingerprint density at radius 1 is 1.36 bits per heavy atom. The molecule has 22 heavy (non-hydrogen) atoms. The van der Waals surface area contributed by atoms with E-state index in [1.54, 1.807) is 0 Å². The fourth-order valence-electron chi connectivity index (χ4n) is 2.50. The van der Waals surface area contributed by atoms with Crippen molar-refractivity contribution in [3.8, 4) is 0 Å². The predicted molar refractivity (Wildman–Crippen MR) is 86.7 cm³/mol. The highest BCUT2D eigenvalue weighted by atomic mass is 32.1. The predicted octanol–water partition coefficient (Wildman–Crippen LogP) is 2.32. The van der Waals surface area contributed by atoms with Crippen LogP contribution in [0.1, 0.15) is 45.5 Å². The van der Waals surface area contributed by atoms with Crippen LogP contribution in [0.2, 0.25) is 0 Å². The number of carbonyl (C=O) groups excluding carboxylic acids is 2. The third-order valence-corrected chi connectivity index (χ3v) is 4.70. The molecule has 7 heteroatoms. The number of rotatable bonds is 3. The Morgan fingerprint density at radius 3 is 2.68 bits per heavy atom. The van der Waals surface area contributed by atoms with Gasteiger partial charge in [-0.15, -0.1) is 10.2 Å². The molecule has 0 saturated carbocycles. The van der Waals surface area contributed by atoms with Gasteiger partial charge in [-0.25, -0.2) is 0 Å². The number of likely N-dealkylation sites (tertiary alicyclic amines) is 1. The molecule has 0 unspecified atom stereocenters. The summed E-state index contributed by atoms with van der Waals surface area (Å²) in [4.78, 5) is 26.5. The largest absolute Gasteiger partial charge is 0.341 e. The minimum Gasteiger partial charge on any atom is -0.341 e. The molecule has 1 atom stereocenters. The third kappa shape index (κ3) is 4.03. The number of hydrogen-bond acceptors (Lipinski definition) is 5. The van der Waals surface area contributed by atoms with Crippen LogP contribution in [0, 0.1) is 11.3 Å². The number of carbonyl (C=O) groups is 2. The van der Waals surface area contributed by atoms with Crippen molar-refractivity contribution in [1.29, 1.82) is 0 Å². The Bertz CT molecular complexity index is 550. The first-order valence-corrected chi connectivity index (χ1v) is 8.55. The summed E-state index contributed by atoms with van der Waals surface area (Å²) < 4.78 is 0. The molecule has 1 aliphatic heterocycles. The summed E-state index contributed by atoms with van der Waals surface area (Å²) in [6, 6.07) is 0. The van der Waals surface area contributed by atoms with Gasteiger partial charge >= 0.3 is 0 Å². The van der Waals surface area contributed by atoms with E-state index in [0.29, 0.717) is 11.7 Å². The van der Waals surface area contributed by atoms with Gasteiger partial charge < -0.3 is 10.2 Å². The molecule has 1 N–H and O–H groups in total. The Hall–Kier alpha value is -1.50. The fraction of sp³-hybridized carbons (Fsp3) is 0.733. The Balaban J connectivity index is 1.96. The van der Waals surface area contributed by atoms with Crippen molar-refractivity contribution in [2.45, 2.75) is 47.0 Å². The van der Waals surface area contributed by atoms with Crippen molar-refractivity contribution in [2.24, 2.45) is 11.3 Å². The molecule has 2 rings (SSSR count). The summed E-state index contributed by atoms with van der Waals surface area (Å²) in [5, 5.41) is 12.3. The highest BCUT2D eigenvalue weighted by molar-refractivity contribution is 7.15. The van der Waals surface area contributed by atoms with Crippen molar-refractivity contribution >= 4 is 28.3 Å². The average molecular weight is 324 g/mol. The number of nitrogens with zero attached hydrogens (tertiary/aromatic N) is 3. The highest BCUT2D eigenvalue weighted by Crippen LogP contribution is 2.25. The first-order chi connectivity index (χ1) is 10.3. The lowest BCUT2D eigenvalue weighted by Gasteiger charge is -2.35. The van der Waals surface area contributed by atoms with Crippen LogP contribution in [-0.4, -0.2) is 40.0 Å². The number of nitrogens with one attached hydrogen (secondary N) is 1. The van der Waals surface area contributed by atoms with Gasteiger partial charge in [-0.05, 0) is 19.3 Å². The summed E-state index contributed by atoms with van der Waals surface area (Å²) in [6.45, 7) is 8.95. The van der Waals surface area contributed by atoms with Crippen molar-refractivity contribution in [3.05, 3.63) is 5.01 Å². The van der Waals surface area contributed by atoms with E-state index < -0.39 is 5.41 Å². The van der Waals surface area contributed by atoms with E-state index in [-0.39, 0.29) is 17.7 Å². The van der Waals surface area contributed by atoms with E-state index in [1.807, 2.05) is 32.6 Å². The lowest BCUT2D eigenvalue weighted by Crippen LogP contribution is -2.47. The first-order valence-electron chi connectivity index (χ1n) is 7.74. The summed E-state index contributed by atoms with van der Waals surface area (Å²) in [7, 11) is 0. The van der Waals surface area contributed by atoms with E-state index in [4.69, 9.17) is 0 Å². The van der Waals surface area contributed by atoms with E-state index in [2.05, 4.69) is 15.5 Å². The first kappa shape index (κ1) is 16.9. The lowest BCUT2D eigenvalue weighted by molar-refractivity contribution is -0.142. The van der Waals surface area contributed by atoms with Crippen LogP contribution in [-0.2, 0) is 16.0 Å². The molecule has 0 spiro atoms. The number of piperidine rings is 1. The van der Waals surface area contributed by atoms with Gasteiger partial charge in [0.2, 0.25) is 16.9 Å². The Morgan fingerprint density at radius 2 is 2.09 bits per heavy atom. The standard InChI is InChI=1S/C15H24N4O2S/c1-5-11-17-18-14(22-11)16-12(20)10-7-6-8-19(9-10)13(21)15(2,3)4/h10H,5-9H2,1-4H3,(H,16,18,20)/t10-/m0/s1. The van der Waals surface area contributed by atoms with Gasteiger partial charge in [0.1, 0.15) is 5.01 Å². The minimum atomic E-state index is -0.409. The summed E-state index contributed by atoms with van der Waals surface area (Å²) in [6.07, 6.45) is 2.47. The van der Waals surface area contributed by atoms with Gasteiger partial charge in [0.25, 0.3) is 0 Å². The highest BCUT2D eigenvalue weighted by Gasteiger charge is 2.33. The van der Waals surface area contributed by atoms with Crippen LogP contribution in [0.25, 0.3) is 0 Å². The van der Waals surface area contributed by atoms with Crippen molar-refractivity contribution in [2.75, 3.05) is 18.4 Å². The average Bonchev–Trinajstić information content (AvgIpc) is 2.93. The van der Waals surface area contributed by atoms with Crippen molar-refractivity contribution in [3.63, 3.8) is 0 Å². The van der Waals surface area contributed by atoms with E-state index in [0.717, 1.165) is 30.8 Å². The normalized spacial score (nSPS) is 19.1. The monoisotopic (exact) mass is 324 g/mol.